The van der Waals surface area contributed by atoms with Crippen LogP contribution in [0.2, 0.25) is 0 Å². The third-order valence-corrected chi connectivity index (χ3v) is 3.69. The molecule has 0 aliphatic heterocycles. The number of carboxylic acids is 1. The van der Waals surface area contributed by atoms with E-state index in [9.17, 15) is 14.0 Å². The van der Waals surface area contributed by atoms with Crippen molar-refractivity contribution in [2.45, 2.75) is 38.5 Å². The second-order valence-electron chi connectivity index (χ2n) is 5.26. The average Bonchev–Trinajstić information content (AvgIpc) is 2.42. The molecule has 0 radical (unpaired) electrons. The van der Waals surface area contributed by atoms with Crippen molar-refractivity contribution in [2.75, 3.05) is 5.32 Å². The molecule has 0 spiro atoms. The van der Waals surface area contributed by atoms with Crippen LogP contribution in [-0.2, 0) is 4.79 Å². The molecule has 1 fully saturated rings. The number of carboxylic acid groups (broad SMARTS) is 1. The lowest BCUT2D eigenvalue weighted by atomic mass is 9.87. The Kier molecular flexibility index (Phi) is 4.71. The van der Waals surface area contributed by atoms with Gasteiger partial charge in [0, 0.05) is 6.42 Å². The first-order valence-corrected chi connectivity index (χ1v) is 6.89. The largest absolute Gasteiger partial charge is 0.478 e. The summed E-state index contributed by atoms with van der Waals surface area (Å²) in [5, 5.41) is 11.3. The van der Waals surface area contributed by atoms with Gasteiger partial charge >= 0.3 is 5.97 Å². The summed E-state index contributed by atoms with van der Waals surface area (Å²) in [6.45, 7) is 0. The Balaban J connectivity index is 1.99. The van der Waals surface area contributed by atoms with Gasteiger partial charge in [-0.05, 0) is 37.0 Å². The molecule has 108 valence electrons. The van der Waals surface area contributed by atoms with Gasteiger partial charge in [-0.3, -0.25) is 4.79 Å². The predicted molar refractivity (Wildman–Crippen MR) is 73.2 cm³/mol. The van der Waals surface area contributed by atoms with Crippen molar-refractivity contribution in [2.24, 2.45) is 5.92 Å². The first-order valence-electron chi connectivity index (χ1n) is 6.89. The lowest BCUT2D eigenvalue weighted by Crippen LogP contribution is -2.19. The fourth-order valence-corrected chi connectivity index (χ4v) is 2.61. The van der Waals surface area contributed by atoms with Crippen LogP contribution in [-0.4, -0.2) is 17.0 Å². The number of carbonyl (C=O) groups is 2. The highest BCUT2D eigenvalue weighted by Crippen LogP contribution is 2.27. The summed E-state index contributed by atoms with van der Waals surface area (Å²) in [6.07, 6.45) is 5.93. The minimum atomic E-state index is -1.15. The topological polar surface area (TPSA) is 66.4 Å². The summed E-state index contributed by atoms with van der Waals surface area (Å²) in [4.78, 5) is 22.7. The highest BCUT2D eigenvalue weighted by Gasteiger charge is 2.18. The van der Waals surface area contributed by atoms with Crippen molar-refractivity contribution in [3.05, 3.63) is 29.6 Å². The molecule has 1 amide bonds. The van der Waals surface area contributed by atoms with Gasteiger partial charge in [0.2, 0.25) is 5.91 Å². The third-order valence-electron chi connectivity index (χ3n) is 3.69. The molecule has 0 aromatic heterocycles. The number of carbonyl (C=O) groups excluding carboxylic acids is 1. The van der Waals surface area contributed by atoms with E-state index < -0.39 is 11.8 Å². The number of hydrogen-bond donors (Lipinski definition) is 2. The Hall–Kier alpha value is -1.91. The van der Waals surface area contributed by atoms with Crippen molar-refractivity contribution >= 4 is 17.6 Å². The highest BCUT2D eigenvalue weighted by molar-refractivity contribution is 5.94. The Bertz CT molecular complexity index is 510. The standard InChI is InChI=1S/C15H18FNO3/c16-12-7-6-11(15(19)20)9-13(12)17-14(18)8-10-4-2-1-3-5-10/h6-7,9-10H,1-5,8H2,(H,17,18)(H,19,20). The molecule has 1 aromatic rings. The molecule has 1 aliphatic carbocycles. The number of amides is 1. The van der Waals surface area contributed by atoms with E-state index in [-0.39, 0.29) is 17.2 Å². The van der Waals surface area contributed by atoms with Crippen LogP contribution in [0.25, 0.3) is 0 Å². The Morgan fingerprint density at radius 2 is 1.95 bits per heavy atom. The molecule has 2 rings (SSSR count). The van der Waals surface area contributed by atoms with Crippen LogP contribution in [0.4, 0.5) is 10.1 Å². The van der Waals surface area contributed by atoms with Crippen molar-refractivity contribution in [1.29, 1.82) is 0 Å². The summed E-state index contributed by atoms with van der Waals surface area (Å²) >= 11 is 0. The van der Waals surface area contributed by atoms with Gasteiger partial charge in [-0.25, -0.2) is 9.18 Å². The van der Waals surface area contributed by atoms with Gasteiger partial charge in [0.25, 0.3) is 0 Å². The minimum Gasteiger partial charge on any atom is -0.478 e. The lowest BCUT2D eigenvalue weighted by molar-refractivity contribution is -0.117. The fourth-order valence-electron chi connectivity index (χ4n) is 2.61. The van der Waals surface area contributed by atoms with Gasteiger partial charge < -0.3 is 10.4 Å². The average molecular weight is 279 g/mol. The quantitative estimate of drug-likeness (QED) is 0.887. The molecule has 0 atom stereocenters. The lowest BCUT2D eigenvalue weighted by Gasteiger charge is -2.20. The maximum Gasteiger partial charge on any atom is 0.335 e. The van der Waals surface area contributed by atoms with Crippen molar-refractivity contribution in [3.8, 4) is 0 Å². The number of rotatable bonds is 4. The number of benzene rings is 1. The molecule has 0 bridgehead atoms. The molecule has 5 heteroatoms. The van der Waals surface area contributed by atoms with Gasteiger partial charge in [0.1, 0.15) is 5.82 Å². The van der Waals surface area contributed by atoms with Crippen LogP contribution < -0.4 is 5.32 Å². The smallest absolute Gasteiger partial charge is 0.335 e. The number of halogens is 1. The zero-order valence-corrected chi connectivity index (χ0v) is 11.2. The molecule has 1 saturated carbocycles. The van der Waals surface area contributed by atoms with Crippen LogP contribution in [0.15, 0.2) is 18.2 Å². The zero-order valence-electron chi connectivity index (χ0n) is 11.2. The van der Waals surface area contributed by atoms with Gasteiger partial charge in [-0.15, -0.1) is 0 Å². The van der Waals surface area contributed by atoms with Crippen LogP contribution in [0, 0.1) is 11.7 Å². The van der Waals surface area contributed by atoms with Crippen LogP contribution in [0.5, 0.6) is 0 Å². The maximum atomic E-state index is 13.6. The molecule has 1 aliphatic rings. The second kappa shape index (κ2) is 6.50. The zero-order chi connectivity index (χ0) is 14.5. The summed E-state index contributed by atoms with van der Waals surface area (Å²) < 4.78 is 13.6. The van der Waals surface area contributed by atoms with Gasteiger partial charge in [-0.1, -0.05) is 19.3 Å². The predicted octanol–water partition coefficient (Wildman–Crippen LogP) is 3.43. The molecule has 2 N–H and O–H groups in total. The molecule has 0 heterocycles. The van der Waals surface area contributed by atoms with E-state index in [0.717, 1.165) is 37.8 Å². The maximum absolute atomic E-state index is 13.6. The Morgan fingerprint density at radius 3 is 2.60 bits per heavy atom. The van der Waals surface area contributed by atoms with Gasteiger partial charge in [0.15, 0.2) is 0 Å². The number of aromatic carboxylic acids is 1. The number of hydrogen-bond acceptors (Lipinski definition) is 2. The molecule has 0 unspecified atom stereocenters. The van der Waals surface area contributed by atoms with E-state index >= 15 is 0 Å². The molecule has 4 nitrogen and oxygen atoms in total. The van der Waals surface area contributed by atoms with E-state index in [1.165, 1.54) is 12.5 Å². The summed E-state index contributed by atoms with van der Waals surface area (Å²) in [5.41, 5.74) is -0.106. The third kappa shape index (κ3) is 3.79. The van der Waals surface area contributed by atoms with Gasteiger partial charge in [0.05, 0.1) is 11.3 Å². The molecular weight excluding hydrogens is 261 g/mol. The van der Waals surface area contributed by atoms with E-state index in [1.807, 2.05) is 0 Å². The second-order valence-corrected chi connectivity index (χ2v) is 5.26. The van der Waals surface area contributed by atoms with Crippen LogP contribution in [0.1, 0.15) is 48.9 Å². The number of anilines is 1. The first-order chi connectivity index (χ1) is 9.56. The van der Waals surface area contributed by atoms with E-state index in [2.05, 4.69) is 5.32 Å². The SMILES string of the molecule is O=C(CC1CCCCC1)Nc1cc(C(=O)O)ccc1F. The van der Waals surface area contributed by atoms with Crippen LogP contribution >= 0.6 is 0 Å². The molecular formula is C15H18FNO3. The molecule has 0 saturated heterocycles. The van der Waals surface area contributed by atoms with E-state index in [1.54, 1.807) is 0 Å². The Labute approximate surface area is 117 Å². The Morgan fingerprint density at radius 1 is 1.25 bits per heavy atom. The van der Waals surface area contributed by atoms with Gasteiger partial charge in [-0.2, -0.15) is 0 Å². The molecule has 20 heavy (non-hydrogen) atoms. The summed E-state index contributed by atoms with van der Waals surface area (Å²) in [7, 11) is 0. The normalized spacial score (nSPS) is 15.8. The van der Waals surface area contributed by atoms with E-state index in [4.69, 9.17) is 5.11 Å². The van der Waals surface area contributed by atoms with Crippen molar-refractivity contribution in [1.82, 2.24) is 0 Å². The van der Waals surface area contributed by atoms with E-state index in [0.29, 0.717) is 12.3 Å². The number of nitrogens with one attached hydrogen (secondary N) is 1. The highest BCUT2D eigenvalue weighted by atomic mass is 19.1. The minimum absolute atomic E-state index is 0.0423. The van der Waals surface area contributed by atoms with Crippen molar-refractivity contribution in [3.63, 3.8) is 0 Å². The monoisotopic (exact) mass is 279 g/mol. The fraction of sp³-hybridized carbons (Fsp3) is 0.467. The van der Waals surface area contributed by atoms with Crippen molar-refractivity contribution < 1.29 is 19.1 Å². The molecule has 1 aromatic carbocycles. The summed E-state index contributed by atoms with van der Waals surface area (Å²) in [6, 6.07) is 3.38. The summed E-state index contributed by atoms with van der Waals surface area (Å²) in [5.74, 6) is -1.66. The van der Waals surface area contributed by atoms with Crippen LogP contribution in [0.3, 0.4) is 0 Å². The first kappa shape index (κ1) is 14.5.